The molecule has 2 aromatic rings. The van der Waals surface area contributed by atoms with Gasteiger partial charge in [0.05, 0.1) is 6.26 Å². The van der Waals surface area contributed by atoms with Crippen molar-refractivity contribution in [3.05, 3.63) is 53.5 Å². The van der Waals surface area contributed by atoms with E-state index in [1.54, 1.807) is 18.4 Å². The van der Waals surface area contributed by atoms with Gasteiger partial charge in [-0.05, 0) is 42.8 Å². The molecule has 0 saturated heterocycles. The summed E-state index contributed by atoms with van der Waals surface area (Å²) in [5.74, 6) is 1.55. The van der Waals surface area contributed by atoms with Gasteiger partial charge >= 0.3 is 0 Å². The van der Waals surface area contributed by atoms with Gasteiger partial charge in [-0.2, -0.15) is 0 Å². The maximum atomic E-state index is 8.63. The molecular weight excluding hydrogens is 232 g/mol. The van der Waals surface area contributed by atoms with Crippen LogP contribution >= 0.6 is 0 Å². The Kier molecular flexibility index (Phi) is 3.52. The first-order chi connectivity index (χ1) is 8.70. The summed E-state index contributed by atoms with van der Waals surface area (Å²) >= 11 is 0. The van der Waals surface area contributed by atoms with E-state index in [0.29, 0.717) is 17.9 Å². The second-order valence-electron chi connectivity index (χ2n) is 3.83. The van der Waals surface area contributed by atoms with Crippen molar-refractivity contribution >= 4 is 5.84 Å². The fraction of sp³-hybridized carbons (Fsp3) is 0.154. The molecule has 0 aliphatic carbocycles. The average molecular weight is 246 g/mol. The fourth-order valence-electron chi connectivity index (χ4n) is 1.62. The van der Waals surface area contributed by atoms with E-state index in [1.807, 2.05) is 25.1 Å². The summed E-state index contributed by atoms with van der Waals surface area (Å²) in [5.41, 5.74) is 7.10. The van der Waals surface area contributed by atoms with Crippen molar-refractivity contribution in [3.8, 4) is 5.75 Å². The van der Waals surface area contributed by atoms with Crippen LogP contribution in [-0.2, 0) is 6.61 Å². The lowest BCUT2D eigenvalue weighted by atomic mass is 10.1. The molecule has 2 rings (SSSR count). The molecule has 5 heteroatoms. The van der Waals surface area contributed by atoms with Gasteiger partial charge in [0, 0.05) is 5.56 Å². The normalized spacial score (nSPS) is 11.5. The summed E-state index contributed by atoms with van der Waals surface area (Å²) in [4.78, 5) is 0. The summed E-state index contributed by atoms with van der Waals surface area (Å²) in [5, 5.41) is 11.6. The number of ether oxygens (including phenoxy) is 1. The Bertz CT molecular complexity index is 547. The molecule has 0 aliphatic rings. The molecule has 0 radical (unpaired) electrons. The standard InChI is InChI=1S/C13H14N2O3/c1-9-7-10(4-5-12(9)13(14)15-16)18-8-11-3-2-6-17-11/h2-7,16H,8H2,1H3,(H2,14,15). The Morgan fingerprint density at radius 3 is 2.89 bits per heavy atom. The number of hydrogen-bond donors (Lipinski definition) is 2. The van der Waals surface area contributed by atoms with Gasteiger partial charge in [-0.3, -0.25) is 0 Å². The number of rotatable bonds is 4. The minimum absolute atomic E-state index is 0.0880. The van der Waals surface area contributed by atoms with Crippen molar-refractivity contribution in [3.63, 3.8) is 0 Å². The molecule has 1 heterocycles. The van der Waals surface area contributed by atoms with Crippen LogP contribution in [-0.4, -0.2) is 11.0 Å². The van der Waals surface area contributed by atoms with Gasteiger partial charge in [-0.15, -0.1) is 0 Å². The van der Waals surface area contributed by atoms with E-state index in [9.17, 15) is 0 Å². The Morgan fingerprint density at radius 2 is 2.28 bits per heavy atom. The van der Waals surface area contributed by atoms with E-state index in [0.717, 1.165) is 11.3 Å². The molecule has 0 bridgehead atoms. The molecule has 0 aliphatic heterocycles. The molecule has 0 fully saturated rings. The van der Waals surface area contributed by atoms with Crippen LogP contribution in [0.4, 0.5) is 0 Å². The molecule has 94 valence electrons. The smallest absolute Gasteiger partial charge is 0.170 e. The van der Waals surface area contributed by atoms with E-state index in [4.69, 9.17) is 20.1 Å². The molecule has 5 nitrogen and oxygen atoms in total. The molecule has 3 N–H and O–H groups in total. The zero-order valence-corrected chi connectivity index (χ0v) is 9.96. The van der Waals surface area contributed by atoms with E-state index < -0.39 is 0 Å². The first kappa shape index (κ1) is 12.0. The predicted molar refractivity (Wildman–Crippen MR) is 66.7 cm³/mol. The van der Waals surface area contributed by atoms with E-state index in [1.165, 1.54) is 0 Å². The van der Waals surface area contributed by atoms with Gasteiger partial charge in [-0.25, -0.2) is 0 Å². The second-order valence-corrected chi connectivity index (χ2v) is 3.83. The maximum absolute atomic E-state index is 8.63. The summed E-state index contributed by atoms with van der Waals surface area (Å²) < 4.78 is 10.7. The van der Waals surface area contributed by atoms with Gasteiger partial charge in [0.25, 0.3) is 0 Å². The monoisotopic (exact) mass is 246 g/mol. The zero-order chi connectivity index (χ0) is 13.0. The number of aryl methyl sites for hydroxylation is 1. The lowest BCUT2D eigenvalue weighted by Crippen LogP contribution is -2.14. The minimum atomic E-state index is 0.0880. The van der Waals surface area contributed by atoms with Crippen molar-refractivity contribution in [2.24, 2.45) is 10.9 Å². The molecule has 18 heavy (non-hydrogen) atoms. The third kappa shape index (κ3) is 2.63. The lowest BCUT2D eigenvalue weighted by molar-refractivity contribution is 0.270. The van der Waals surface area contributed by atoms with Crippen molar-refractivity contribution in [1.29, 1.82) is 0 Å². The van der Waals surface area contributed by atoms with Crippen LogP contribution in [0.2, 0.25) is 0 Å². The van der Waals surface area contributed by atoms with Gasteiger partial charge < -0.3 is 20.1 Å². The van der Waals surface area contributed by atoms with Gasteiger partial charge in [-0.1, -0.05) is 5.16 Å². The van der Waals surface area contributed by atoms with Crippen molar-refractivity contribution in [1.82, 2.24) is 0 Å². The summed E-state index contributed by atoms with van der Waals surface area (Å²) in [6.45, 7) is 2.24. The number of oxime groups is 1. The van der Waals surface area contributed by atoms with Crippen LogP contribution in [0.5, 0.6) is 5.75 Å². The van der Waals surface area contributed by atoms with Crippen LogP contribution in [0.25, 0.3) is 0 Å². The summed E-state index contributed by atoms with van der Waals surface area (Å²) in [7, 11) is 0. The molecule has 0 amide bonds. The maximum Gasteiger partial charge on any atom is 0.170 e. The highest BCUT2D eigenvalue weighted by Gasteiger charge is 2.05. The second kappa shape index (κ2) is 5.27. The zero-order valence-electron chi connectivity index (χ0n) is 9.96. The first-order valence-electron chi connectivity index (χ1n) is 5.44. The van der Waals surface area contributed by atoms with Gasteiger partial charge in [0.2, 0.25) is 0 Å². The van der Waals surface area contributed by atoms with Crippen LogP contribution in [0.3, 0.4) is 0 Å². The number of benzene rings is 1. The number of furan rings is 1. The van der Waals surface area contributed by atoms with Crippen molar-refractivity contribution in [2.45, 2.75) is 13.5 Å². The Labute approximate surface area is 104 Å². The highest BCUT2D eigenvalue weighted by molar-refractivity contribution is 5.98. The minimum Gasteiger partial charge on any atom is -0.486 e. The molecule has 1 aromatic heterocycles. The third-order valence-electron chi connectivity index (χ3n) is 2.54. The van der Waals surface area contributed by atoms with Crippen molar-refractivity contribution < 1.29 is 14.4 Å². The number of nitrogens with two attached hydrogens (primary N) is 1. The third-order valence-corrected chi connectivity index (χ3v) is 2.54. The molecule has 0 spiro atoms. The Hall–Kier alpha value is -2.43. The van der Waals surface area contributed by atoms with Crippen LogP contribution in [0.1, 0.15) is 16.9 Å². The number of nitrogens with zero attached hydrogens (tertiary/aromatic N) is 1. The summed E-state index contributed by atoms with van der Waals surface area (Å²) in [6, 6.07) is 9.00. The van der Waals surface area contributed by atoms with E-state index in [-0.39, 0.29) is 5.84 Å². The molecule has 1 aromatic carbocycles. The van der Waals surface area contributed by atoms with Gasteiger partial charge in [0.1, 0.15) is 18.1 Å². The first-order valence-corrected chi connectivity index (χ1v) is 5.44. The Morgan fingerprint density at radius 1 is 1.44 bits per heavy atom. The number of amidine groups is 1. The fourth-order valence-corrected chi connectivity index (χ4v) is 1.62. The highest BCUT2D eigenvalue weighted by Crippen LogP contribution is 2.18. The summed E-state index contributed by atoms with van der Waals surface area (Å²) in [6.07, 6.45) is 1.60. The lowest BCUT2D eigenvalue weighted by Gasteiger charge is -2.08. The van der Waals surface area contributed by atoms with Gasteiger partial charge in [0.15, 0.2) is 5.84 Å². The SMILES string of the molecule is Cc1cc(OCc2ccco2)ccc1/C(N)=N/O. The molecule has 0 unspecified atom stereocenters. The van der Waals surface area contributed by atoms with Crippen LogP contribution in [0, 0.1) is 6.92 Å². The van der Waals surface area contributed by atoms with Crippen LogP contribution < -0.4 is 10.5 Å². The molecular formula is C13H14N2O3. The highest BCUT2D eigenvalue weighted by atomic mass is 16.5. The Balaban J connectivity index is 2.09. The average Bonchev–Trinajstić information content (AvgIpc) is 2.88. The molecule has 0 saturated carbocycles. The van der Waals surface area contributed by atoms with Crippen molar-refractivity contribution in [2.75, 3.05) is 0 Å². The van der Waals surface area contributed by atoms with E-state index >= 15 is 0 Å². The number of hydrogen-bond acceptors (Lipinski definition) is 4. The van der Waals surface area contributed by atoms with Crippen LogP contribution in [0.15, 0.2) is 46.2 Å². The molecule has 0 atom stereocenters. The van der Waals surface area contributed by atoms with E-state index in [2.05, 4.69) is 5.16 Å². The largest absolute Gasteiger partial charge is 0.486 e. The quantitative estimate of drug-likeness (QED) is 0.375. The predicted octanol–water partition coefficient (Wildman–Crippen LogP) is 2.26. The topological polar surface area (TPSA) is 81.0 Å².